The van der Waals surface area contributed by atoms with Crippen molar-refractivity contribution in [3.05, 3.63) is 30.1 Å². The van der Waals surface area contributed by atoms with E-state index in [9.17, 15) is 9.90 Å². The fourth-order valence-corrected chi connectivity index (χ4v) is 2.24. The third-order valence-corrected chi connectivity index (χ3v) is 3.07. The largest absolute Gasteiger partial charge is 0.381 e. The number of hydrogen-bond donors (Lipinski definition) is 1. The Morgan fingerprint density at radius 2 is 2.29 bits per heavy atom. The fourth-order valence-electron chi connectivity index (χ4n) is 2.24. The second kappa shape index (κ2) is 4.45. The number of aromatic nitrogens is 1. The van der Waals surface area contributed by atoms with Gasteiger partial charge in [-0.05, 0) is 38.8 Å². The molecule has 17 heavy (non-hydrogen) atoms. The molecule has 2 rings (SSSR count). The highest BCUT2D eigenvalue weighted by molar-refractivity contribution is 5.84. The molecule has 1 aliphatic heterocycles. The van der Waals surface area contributed by atoms with Crippen LogP contribution in [-0.2, 0) is 4.79 Å². The maximum absolute atomic E-state index is 12.1. The molecular formula is C13H18N2O2. The lowest BCUT2D eigenvalue weighted by atomic mass is 10.1. The third-order valence-electron chi connectivity index (χ3n) is 3.07. The molecule has 0 radical (unpaired) electrons. The first-order valence-corrected chi connectivity index (χ1v) is 5.94. The first-order valence-electron chi connectivity index (χ1n) is 5.94. The van der Waals surface area contributed by atoms with Gasteiger partial charge in [-0.1, -0.05) is 6.07 Å². The van der Waals surface area contributed by atoms with Gasteiger partial charge in [0.25, 0.3) is 5.91 Å². The lowest BCUT2D eigenvalue weighted by Crippen LogP contribution is -2.44. The van der Waals surface area contributed by atoms with Gasteiger partial charge in [0.15, 0.2) is 0 Å². The van der Waals surface area contributed by atoms with E-state index in [0.29, 0.717) is 6.54 Å². The molecule has 0 spiro atoms. The van der Waals surface area contributed by atoms with Crippen molar-refractivity contribution in [3.8, 4) is 0 Å². The zero-order valence-corrected chi connectivity index (χ0v) is 10.3. The lowest BCUT2D eigenvalue weighted by Gasteiger charge is -2.29. The fraction of sp³-hybridized carbons (Fsp3) is 0.538. The van der Waals surface area contributed by atoms with Gasteiger partial charge in [-0.25, -0.2) is 0 Å². The monoisotopic (exact) mass is 234 g/mol. The Labute approximate surface area is 101 Å². The predicted octanol–water partition coefficient (Wildman–Crippen LogP) is 1.52. The summed E-state index contributed by atoms with van der Waals surface area (Å²) in [6, 6.07) is 5.73. The van der Waals surface area contributed by atoms with E-state index in [-0.39, 0.29) is 11.9 Å². The minimum absolute atomic E-state index is 0.00937. The highest BCUT2D eigenvalue weighted by Crippen LogP contribution is 2.32. The van der Waals surface area contributed by atoms with Gasteiger partial charge in [-0.3, -0.25) is 9.78 Å². The standard InChI is InChI=1S/C13H18N2O2/c1-13(2,17)12(16)15-9-5-7-11(15)10-6-3-4-8-14-10/h3-4,6,8,11,17H,5,7,9H2,1-2H3/t11-/m1/s1. The summed E-state index contributed by atoms with van der Waals surface area (Å²) in [5.74, 6) is -0.217. The van der Waals surface area contributed by atoms with Crippen molar-refractivity contribution < 1.29 is 9.90 Å². The van der Waals surface area contributed by atoms with E-state index >= 15 is 0 Å². The summed E-state index contributed by atoms with van der Waals surface area (Å²) in [5, 5.41) is 9.80. The van der Waals surface area contributed by atoms with Gasteiger partial charge < -0.3 is 10.0 Å². The van der Waals surface area contributed by atoms with Gasteiger partial charge in [0.2, 0.25) is 0 Å². The van der Waals surface area contributed by atoms with Crippen molar-refractivity contribution in [1.29, 1.82) is 0 Å². The van der Waals surface area contributed by atoms with Crippen molar-refractivity contribution in [3.63, 3.8) is 0 Å². The number of likely N-dealkylation sites (tertiary alicyclic amines) is 1. The van der Waals surface area contributed by atoms with Gasteiger partial charge in [0.05, 0.1) is 11.7 Å². The van der Waals surface area contributed by atoms with Gasteiger partial charge in [0, 0.05) is 12.7 Å². The molecule has 0 unspecified atom stereocenters. The van der Waals surface area contributed by atoms with E-state index in [0.717, 1.165) is 18.5 Å². The molecule has 2 heterocycles. The van der Waals surface area contributed by atoms with Crippen LogP contribution in [0.15, 0.2) is 24.4 Å². The van der Waals surface area contributed by atoms with Crippen molar-refractivity contribution in [1.82, 2.24) is 9.88 Å². The van der Waals surface area contributed by atoms with Crippen molar-refractivity contribution in [2.75, 3.05) is 6.54 Å². The summed E-state index contributed by atoms with van der Waals surface area (Å²) >= 11 is 0. The zero-order chi connectivity index (χ0) is 12.5. The Morgan fingerprint density at radius 3 is 2.88 bits per heavy atom. The van der Waals surface area contributed by atoms with Crippen LogP contribution < -0.4 is 0 Å². The van der Waals surface area contributed by atoms with Crippen LogP contribution in [0.4, 0.5) is 0 Å². The van der Waals surface area contributed by atoms with E-state index in [2.05, 4.69) is 4.98 Å². The molecule has 92 valence electrons. The zero-order valence-electron chi connectivity index (χ0n) is 10.3. The molecule has 1 atom stereocenters. The predicted molar refractivity (Wildman–Crippen MR) is 64.2 cm³/mol. The molecule has 1 amide bonds. The van der Waals surface area contributed by atoms with Crippen molar-refractivity contribution in [2.45, 2.75) is 38.3 Å². The Balaban J connectivity index is 2.22. The van der Waals surface area contributed by atoms with E-state index in [4.69, 9.17) is 0 Å². The molecule has 1 aliphatic rings. The molecule has 1 saturated heterocycles. The molecule has 0 saturated carbocycles. The summed E-state index contributed by atoms with van der Waals surface area (Å²) in [7, 11) is 0. The summed E-state index contributed by atoms with van der Waals surface area (Å²) in [6.07, 6.45) is 3.61. The maximum Gasteiger partial charge on any atom is 0.254 e. The average molecular weight is 234 g/mol. The highest BCUT2D eigenvalue weighted by Gasteiger charge is 2.37. The number of carbonyl (C=O) groups is 1. The minimum atomic E-state index is -1.31. The second-order valence-electron chi connectivity index (χ2n) is 4.97. The SMILES string of the molecule is CC(C)(O)C(=O)N1CCC[C@@H]1c1ccccn1. The number of pyridine rings is 1. The average Bonchev–Trinajstić information content (AvgIpc) is 2.76. The quantitative estimate of drug-likeness (QED) is 0.844. The lowest BCUT2D eigenvalue weighted by molar-refractivity contribution is -0.148. The normalized spacial score (nSPS) is 20.6. The Morgan fingerprint density at radius 1 is 1.53 bits per heavy atom. The number of nitrogens with zero attached hydrogens (tertiary/aromatic N) is 2. The van der Waals surface area contributed by atoms with Gasteiger partial charge in [-0.2, -0.15) is 0 Å². The van der Waals surface area contributed by atoms with Crippen LogP contribution in [-0.4, -0.2) is 33.0 Å². The Bertz CT molecular complexity index is 398. The number of hydrogen-bond acceptors (Lipinski definition) is 3. The highest BCUT2D eigenvalue weighted by atomic mass is 16.3. The molecule has 0 aromatic carbocycles. The van der Waals surface area contributed by atoms with Crippen LogP contribution in [0.5, 0.6) is 0 Å². The maximum atomic E-state index is 12.1. The van der Waals surface area contributed by atoms with E-state index < -0.39 is 5.60 Å². The van der Waals surface area contributed by atoms with Gasteiger partial charge >= 0.3 is 0 Å². The topological polar surface area (TPSA) is 53.4 Å². The van der Waals surface area contributed by atoms with Crippen molar-refractivity contribution >= 4 is 5.91 Å². The summed E-state index contributed by atoms with van der Waals surface area (Å²) < 4.78 is 0. The second-order valence-corrected chi connectivity index (χ2v) is 4.97. The van der Waals surface area contributed by atoms with Gasteiger partial charge in [0.1, 0.15) is 5.60 Å². The molecule has 0 aliphatic carbocycles. The first-order chi connectivity index (χ1) is 8.00. The van der Waals surface area contributed by atoms with Crippen LogP contribution >= 0.6 is 0 Å². The third kappa shape index (κ3) is 2.47. The molecule has 1 aromatic rings. The van der Waals surface area contributed by atoms with E-state index in [1.54, 1.807) is 11.1 Å². The molecule has 1 N–H and O–H groups in total. The molecule has 4 nitrogen and oxygen atoms in total. The van der Waals surface area contributed by atoms with Crippen LogP contribution in [0.3, 0.4) is 0 Å². The number of aliphatic hydroxyl groups is 1. The van der Waals surface area contributed by atoms with Crippen LogP contribution in [0, 0.1) is 0 Å². The van der Waals surface area contributed by atoms with Gasteiger partial charge in [-0.15, -0.1) is 0 Å². The Kier molecular flexibility index (Phi) is 3.15. The summed E-state index contributed by atoms with van der Waals surface area (Å²) in [5.41, 5.74) is -0.403. The van der Waals surface area contributed by atoms with Crippen molar-refractivity contribution in [2.24, 2.45) is 0 Å². The molecule has 4 heteroatoms. The minimum Gasteiger partial charge on any atom is -0.381 e. The van der Waals surface area contributed by atoms with E-state index in [1.165, 1.54) is 13.8 Å². The summed E-state index contributed by atoms with van der Waals surface area (Å²) in [6.45, 7) is 3.76. The number of amides is 1. The Hall–Kier alpha value is -1.42. The number of rotatable bonds is 2. The van der Waals surface area contributed by atoms with Crippen LogP contribution in [0.2, 0.25) is 0 Å². The molecule has 1 fully saturated rings. The van der Waals surface area contributed by atoms with E-state index in [1.807, 2.05) is 18.2 Å². The molecule has 0 bridgehead atoms. The number of carbonyl (C=O) groups excluding carboxylic acids is 1. The smallest absolute Gasteiger partial charge is 0.254 e. The van der Waals surface area contributed by atoms with Crippen LogP contribution in [0.25, 0.3) is 0 Å². The first kappa shape index (κ1) is 12.0. The molecular weight excluding hydrogens is 216 g/mol. The summed E-state index contributed by atoms with van der Waals surface area (Å²) in [4.78, 5) is 18.1. The van der Waals surface area contributed by atoms with Crippen LogP contribution in [0.1, 0.15) is 38.4 Å². The molecule has 1 aromatic heterocycles.